The Morgan fingerprint density at radius 3 is 2.39 bits per heavy atom. The van der Waals surface area contributed by atoms with Gasteiger partial charge in [0.05, 0.1) is 18.8 Å². The minimum Gasteiger partial charge on any atom is -0.394 e. The van der Waals surface area contributed by atoms with Crippen molar-refractivity contribution in [1.29, 1.82) is 0 Å². The number of aromatic nitrogens is 2. The van der Waals surface area contributed by atoms with Crippen LogP contribution in [0.3, 0.4) is 0 Å². The van der Waals surface area contributed by atoms with E-state index in [9.17, 15) is 0 Å². The molecule has 0 saturated carbocycles. The van der Waals surface area contributed by atoms with Crippen molar-refractivity contribution in [3.05, 3.63) is 17.0 Å². The largest absolute Gasteiger partial charge is 0.394 e. The summed E-state index contributed by atoms with van der Waals surface area (Å²) < 4.78 is 1.93. The van der Waals surface area contributed by atoms with Crippen molar-refractivity contribution < 1.29 is 5.11 Å². The molecule has 0 spiro atoms. The van der Waals surface area contributed by atoms with Gasteiger partial charge >= 0.3 is 0 Å². The highest BCUT2D eigenvalue weighted by Crippen LogP contribution is 2.27. The summed E-state index contributed by atoms with van der Waals surface area (Å²) in [4.78, 5) is 2.57. The molecule has 1 N–H and O–H groups in total. The molecule has 2 heterocycles. The second-order valence-electron chi connectivity index (χ2n) is 5.54. The lowest BCUT2D eigenvalue weighted by Crippen LogP contribution is -2.32. The maximum atomic E-state index is 9.04. The molecule has 1 aliphatic rings. The molecule has 4 heteroatoms. The van der Waals surface area contributed by atoms with Crippen LogP contribution in [0.15, 0.2) is 0 Å². The Labute approximate surface area is 110 Å². The van der Waals surface area contributed by atoms with E-state index in [0.717, 1.165) is 12.2 Å². The van der Waals surface area contributed by atoms with Crippen LogP contribution in [0, 0.1) is 13.8 Å². The van der Waals surface area contributed by atoms with Crippen molar-refractivity contribution >= 4 is 0 Å². The number of nitrogens with zero attached hydrogens (tertiary/aromatic N) is 3. The molecular formula is C14H25N3O. The molecule has 2 unspecified atom stereocenters. The van der Waals surface area contributed by atoms with E-state index in [1.54, 1.807) is 0 Å². The number of rotatable bonds is 4. The van der Waals surface area contributed by atoms with Gasteiger partial charge in [0.25, 0.3) is 0 Å². The summed E-state index contributed by atoms with van der Waals surface area (Å²) in [6.07, 6.45) is 2.59. The Hall–Kier alpha value is -0.870. The maximum Gasteiger partial charge on any atom is 0.0644 e. The second kappa shape index (κ2) is 5.41. The van der Waals surface area contributed by atoms with E-state index in [-0.39, 0.29) is 6.61 Å². The first kappa shape index (κ1) is 13.6. The van der Waals surface area contributed by atoms with Gasteiger partial charge in [-0.05, 0) is 40.5 Å². The van der Waals surface area contributed by atoms with Gasteiger partial charge in [0, 0.05) is 29.9 Å². The predicted molar refractivity (Wildman–Crippen MR) is 72.5 cm³/mol. The smallest absolute Gasteiger partial charge is 0.0644 e. The van der Waals surface area contributed by atoms with Gasteiger partial charge in [0.2, 0.25) is 0 Å². The Morgan fingerprint density at radius 2 is 1.83 bits per heavy atom. The lowest BCUT2D eigenvalue weighted by molar-refractivity contribution is 0.204. The lowest BCUT2D eigenvalue weighted by atomic mass is 10.1. The van der Waals surface area contributed by atoms with Crippen LogP contribution in [0.5, 0.6) is 0 Å². The fourth-order valence-electron chi connectivity index (χ4n) is 3.02. The molecule has 0 bridgehead atoms. The van der Waals surface area contributed by atoms with Crippen LogP contribution in [-0.2, 0) is 13.1 Å². The van der Waals surface area contributed by atoms with Crippen LogP contribution in [0.4, 0.5) is 0 Å². The van der Waals surface area contributed by atoms with Gasteiger partial charge < -0.3 is 5.11 Å². The topological polar surface area (TPSA) is 41.3 Å². The Bertz CT molecular complexity index is 403. The molecule has 1 aromatic heterocycles. The molecule has 0 amide bonds. The summed E-state index contributed by atoms with van der Waals surface area (Å²) in [6.45, 7) is 10.5. The molecule has 1 saturated heterocycles. The molecule has 2 atom stereocenters. The molecule has 1 aliphatic heterocycles. The van der Waals surface area contributed by atoms with Gasteiger partial charge in [-0.25, -0.2) is 0 Å². The Morgan fingerprint density at radius 1 is 1.22 bits per heavy atom. The minimum atomic E-state index is 0.151. The minimum absolute atomic E-state index is 0.151. The average Bonchev–Trinajstić information content (AvgIpc) is 2.77. The third kappa shape index (κ3) is 2.45. The first-order chi connectivity index (χ1) is 8.54. The van der Waals surface area contributed by atoms with Crippen LogP contribution < -0.4 is 0 Å². The van der Waals surface area contributed by atoms with E-state index in [1.165, 1.54) is 24.1 Å². The summed E-state index contributed by atoms with van der Waals surface area (Å²) in [5.41, 5.74) is 3.64. The number of aryl methyl sites for hydroxylation is 1. The van der Waals surface area contributed by atoms with E-state index in [4.69, 9.17) is 5.11 Å². The monoisotopic (exact) mass is 251 g/mol. The number of aliphatic hydroxyl groups excluding tert-OH is 1. The summed E-state index contributed by atoms with van der Waals surface area (Å²) in [5, 5.41) is 13.6. The predicted octanol–water partition coefficient (Wildman–Crippen LogP) is 1.87. The first-order valence-electron chi connectivity index (χ1n) is 6.94. The number of likely N-dealkylation sites (tertiary alicyclic amines) is 1. The maximum absolute atomic E-state index is 9.04. The van der Waals surface area contributed by atoms with Gasteiger partial charge in [-0.2, -0.15) is 5.10 Å². The van der Waals surface area contributed by atoms with E-state index >= 15 is 0 Å². The number of aliphatic hydroxyl groups is 1. The molecule has 4 nitrogen and oxygen atoms in total. The summed E-state index contributed by atoms with van der Waals surface area (Å²) in [5.74, 6) is 0. The standard InChI is InChI=1S/C14H25N3O/c1-10-5-6-11(2)16(10)9-14-12(3)15-17(7-8-18)13(14)4/h10-11,18H,5-9H2,1-4H3. The lowest BCUT2D eigenvalue weighted by Gasteiger charge is -2.26. The molecule has 1 fully saturated rings. The zero-order valence-corrected chi connectivity index (χ0v) is 12.0. The summed E-state index contributed by atoms with van der Waals surface area (Å²) >= 11 is 0. The van der Waals surface area contributed by atoms with E-state index in [1.807, 2.05) is 4.68 Å². The molecule has 0 aromatic carbocycles. The second-order valence-corrected chi connectivity index (χ2v) is 5.54. The van der Waals surface area contributed by atoms with E-state index in [0.29, 0.717) is 18.6 Å². The van der Waals surface area contributed by atoms with Crippen molar-refractivity contribution in [1.82, 2.24) is 14.7 Å². The molecule has 0 radical (unpaired) electrons. The van der Waals surface area contributed by atoms with Gasteiger partial charge in [-0.1, -0.05) is 0 Å². The Balaban J connectivity index is 2.18. The normalized spacial score (nSPS) is 24.9. The first-order valence-corrected chi connectivity index (χ1v) is 6.94. The molecular weight excluding hydrogens is 226 g/mol. The highest BCUT2D eigenvalue weighted by molar-refractivity contribution is 5.24. The molecule has 1 aromatic rings. The Kier molecular flexibility index (Phi) is 4.07. The number of hydrogen-bond donors (Lipinski definition) is 1. The molecule has 102 valence electrons. The van der Waals surface area contributed by atoms with Gasteiger partial charge in [0.15, 0.2) is 0 Å². The molecule has 0 aliphatic carbocycles. The fourth-order valence-corrected chi connectivity index (χ4v) is 3.02. The highest BCUT2D eigenvalue weighted by atomic mass is 16.3. The van der Waals surface area contributed by atoms with Crippen molar-refractivity contribution in [2.24, 2.45) is 0 Å². The van der Waals surface area contributed by atoms with Crippen molar-refractivity contribution in [2.45, 2.75) is 65.7 Å². The van der Waals surface area contributed by atoms with Crippen LogP contribution in [0.25, 0.3) is 0 Å². The van der Waals surface area contributed by atoms with Crippen molar-refractivity contribution in [2.75, 3.05) is 6.61 Å². The van der Waals surface area contributed by atoms with Gasteiger partial charge in [-0.15, -0.1) is 0 Å². The SMILES string of the molecule is Cc1nn(CCO)c(C)c1CN1C(C)CCC1C. The van der Waals surface area contributed by atoms with Crippen LogP contribution in [0.2, 0.25) is 0 Å². The number of hydrogen-bond acceptors (Lipinski definition) is 3. The van der Waals surface area contributed by atoms with Gasteiger partial charge in [0.1, 0.15) is 0 Å². The summed E-state index contributed by atoms with van der Waals surface area (Å²) in [7, 11) is 0. The third-order valence-corrected chi connectivity index (χ3v) is 4.32. The van der Waals surface area contributed by atoms with Crippen LogP contribution >= 0.6 is 0 Å². The third-order valence-electron chi connectivity index (χ3n) is 4.32. The van der Waals surface area contributed by atoms with Crippen LogP contribution in [-0.4, -0.2) is 38.5 Å². The van der Waals surface area contributed by atoms with Crippen LogP contribution in [0.1, 0.15) is 43.6 Å². The zero-order valence-electron chi connectivity index (χ0n) is 12.0. The quantitative estimate of drug-likeness (QED) is 0.888. The average molecular weight is 251 g/mol. The molecule has 18 heavy (non-hydrogen) atoms. The fraction of sp³-hybridized carbons (Fsp3) is 0.786. The summed E-state index contributed by atoms with van der Waals surface area (Å²) in [6, 6.07) is 1.33. The highest BCUT2D eigenvalue weighted by Gasteiger charge is 2.28. The zero-order chi connectivity index (χ0) is 13.3. The van der Waals surface area contributed by atoms with Crippen molar-refractivity contribution in [3.63, 3.8) is 0 Å². The van der Waals surface area contributed by atoms with Gasteiger partial charge in [-0.3, -0.25) is 9.58 Å². The van der Waals surface area contributed by atoms with E-state index < -0.39 is 0 Å². The van der Waals surface area contributed by atoms with E-state index in [2.05, 4.69) is 37.7 Å². The molecule has 2 rings (SSSR count). The van der Waals surface area contributed by atoms with Crippen molar-refractivity contribution in [3.8, 4) is 0 Å².